The number of halogens is 2. The van der Waals surface area contributed by atoms with Crippen molar-refractivity contribution in [3.8, 4) is 11.1 Å². The Balaban J connectivity index is 1.99. The van der Waals surface area contributed by atoms with Gasteiger partial charge in [0.1, 0.15) is 0 Å². The lowest BCUT2D eigenvalue weighted by Gasteiger charge is -2.00. The van der Waals surface area contributed by atoms with E-state index in [-0.39, 0.29) is 5.78 Å². The highest BCUT2D eigenvalue weighted by atomic mass is 35.5. The van der Waals surface area contributed by atoms with Crippen molar-refractivity contribution in [1.82, 2.24) is 0 Å². The van der Waals surface area contributed by atoms with Crippen LogP contribution in [0.1, 0.15) is 26.3 Å². The summed E-state index contributed by atoms with van der Waals surface area (Å²) >= 11 is 11.9. The van der Waals surface area contributed by atoms with Crippen LogP contribution in [0.5, 0.6) is 0 Å². The fourth-order valence-electron chi connectivity index (χ4n) is 2.68. The number of carbonyl (C=O) groups excluding carboxylic acids is 2. The molecule has 0 N–H and O–H groups in total. The predicted molar refractivity (Wildman–Crippen MR) is 104 cm³/mol. The number of ketones is 1. The van der Waals surface area contributed by atoms with Crippen LogP contribution >= 0.6 is 23.2 Å². The Bertz CT molecular complexity index is 992. The largest absolute Gasteiger partial charge is 0.465 e. The van der Waals surface area contributed by atoms with Crippen LogP contribution in [-0.4, -0.2) is 18.9 Å². The van der Waals surface area contributed by atoms with Crippen molar-refractivity contribution in [2.75, 3.05) is 7.11 Å². The molecular formula is C21H14Cl2O3. The summed E-state index contributed by atoms with van der Waals surface area (Å²) in [6.45, 7) is 0. The number of hydrogen-bond donors (Lipinski definition) is 0. The van der Waals surface area contributed by atoms with Crippen molar-refractivity contribution < 1.29 is 14.3 Å². The SMILES string of the molecule is COC(=O)c1cc(C(=O)/C=C/c2ccc(Cl)c(Cl)c2)c2cccccc1-2. The molecule has 3 nitrogen and oxygen atoms in total. The van der Waals surface area contributed by atoms with E-state index in [4.69, 9.17) is 27.9 Å². The van der Waals surface area contributed by atoms with Gasteiger partial charge in [-0.3, -0.25) is 4.79 Å². The first-order valence-corrected chi connectivity index (χ1v) is 8.54. The van der Waals surface area contributed by atoms with Crippen molar-refractivity contribution in [2.45, 2.75) is 0 Å². The van der Waals surface area contributed by atoms with Gasteiger partial charge in [0, 0.05) is 5.56 Å². The third-order valence-electron chi connectivity index (χ3n) is 3.95. The van der Waals surface area contributed by atoms with Crippen LogP contribution in [0.25, 0.3) is 17.2 Å². The van der Waals surface area contributed by atoms with Crippen molar-refractivity contribution in [3.05, 3.63) is 87.4 Å². The topological polar surface area (TPSA) is 43.4 Å². The number of rotatable bonds is 4. The molecule has 0 bridgehead atoms. The van der Waals surface area contributed by atoms with Crippen molar-refractivity contribution in [3.63, 3.8) is 0 Å². The molecule has 26 heavy (non-hydrogen) atoms. The number of carbonyl (C=O) groups is 2. The molecule has 3 rings (SSSR count). The molecule has 0 fully saturated rings. The number of benzene rings is 1. The summed E-state index contributed by atoms with van der Waals surface area (Å²) in [6.07, 6.45) is 3.10. The van der Waals surface area contributed by atoms with Crippen LogP contribution in [0.4, 0.5) is 0 Å². The van der Waals surface area contributed by atoms with Gasteiger partial charge >= 0.3 is 5.97 Å². The molecule has 0 aliphatic heterocycles. The Morgan fingerprint density at radius 3 is 2.23 bits per heavy atom. The maximum absolute atomic E-state index is 12.7. The Morgan fingerprint density at radius 2 is 1.58 bits per heavy atom. The van der Waals surface area contributed by atoms with Crippen molar-refractivity contribution in [2.24, 2.45) is 0 Å². The Hall–Kier alpha value is -2.62. The van der Waals surface area contributed by atoms with E-state index in [1.54, 1.807) is 36.4 Å². The second-order valence-electron chi connectivity index (χ2n) is 5.57. The average Bonchev–Trinajstić information content (AvgIpc) is 2.83. The van der Waals surface area contributed by atoms with E-state index in [1.807, 2.05) is 24.3 Å². The molecule has 0 amide bonds. The van der Waals surface area contributed by atoms with Gasteiger partial charge in [0.25, 0.3) is 0 Å². The Kier molecular flexibility index (Phi) is 5.40. The van der Waals surface area contributed by atoms with Crippen molar-refractivity contribution in [1.29, 1.82) is 0 Å². The summed E-state index contributed by atoms with van der Waals surface area (Å²) in [5.74, 6) is -0.698. The smallest absolute Gasteiger partial charge is 0.338 e. The number of hydrogen-bond acceptors (Lipinski definition) is 3. The van der Waals surface area contributed by atoms with Gasteiger partial charge in [0.2, 0.25) is 0 Å². The molecule has 0 heterocycles. The van der Waals surface area contributed by atoms with Crippen LogP contribution in [0.15, 0.2) is 60.7 Å². The van der Waals surface area contributed by atoms with Gasteiger partial charge in [-0.2, -0.15) is 0 Å². The highest BCUT2D eigenvalue weighted by Gasteiger charge is 2.22. The molecule has 0 radical (unpaired) electrons. The maximum atomic E-state index is 12.7. The highest BCUT2D eigenvalue weighted by Crippen LogP contribution is 2.33. The summed E-state index contributed by atoms with van der Waals surface area (Å²) in [5.41, 5.74) is 2.92. The first kappa shape index (κ1) is 18.2. The van der Waals surface area contributed by atoms with Crippen LogP contribution < -0.4 is 0 Å². The molecule has 2 aliphatic carbocycles. The lowest BCUT2D eigenvalue weighted by molar-refractivity contribution is 0.0602. The Morgan fingerprint density at radius 1 is 0.885 bits per heavy atom. The van der Waals surface area contributed by atoms with E-state index in [0.29, 0.717) is 32.3 Å². The van der Waals surface area contributed by atoms with Gasteiger partial charge in [-0.05, 0) is 41.0 Å². The second-order valence-corrected chi connectivity index (χ2v) is 6.39. The van der Waals surface area contributed by atoms with E-state index in [9.17, 15) is 9.59 Å². The van der Waals surface area contributed by atoms with E-state index in [1.165, 1.54) is 13.2 Å². The molecule has 0 atom stereocenters. The number of allylic oxidation sites excluding steroid dienone is 1. The zero-order valence-electron chi connectivity index (χ0n) is 13.8. The van der Waals surface area contributed by atoms with Gasteiger partial charge in [-0.25, -0.2) is 4.79 Å². The van der Waals surface area contributed by atoms with Gasteiger partial charge in [-0.1, -0.05) is 65.7 Å². The highest BCUT2D eigenvalue weighted by molar-refractivity contribution is 6.42. The monoisotopic (exact) mass is 384 g/mol. The predicted octanol–water partition coefficient (Wildman–Crippen LogP) is 5.78. The molecule has 5 heteroatoms. The third kappa shape index (κ3) is 3.64. The van der Waals surface area contributed by atoms with Crippen molar-refractivity contribution >= 4 is 41.0 Å². The third-order valence-corrected chi connectivity index (χ3v) is 4.69. The molecule has 2 aliphatic rings. The fraction of sp³-hybridized carbons (Fsp3) is 0.0476. The van der Waals surface area contributed by atoms with Crippen LogP contribution in [0, 0.1) is 0 Å². The minimum absolute atomic E-state index is 0.220. The molecule has 1 aromatic carbocycles. The van der Waals surface area contributed by atoms with Crippen LogP contribution in [0.2, 0.25) is 10.0 Å². The number of ether oxygens (including phenoxy) is 1. The van der Waals surface area contributed by atoms with E-state index in [0.717, 1.165) is 5.56 Å². The molecular weight excluding hydrogens is 371 g/mol. The zero-order chi connectivity index (χ0) is 18.7. The number of methoxy groups -OCH3 is 1. The van der Waals surface area contributed by atoms with E-state index in [2.05, 4.69) is 0 Å². The van der Waals surface area contributed by atoms with Crippen LogP contribution in [0.3, 0.4) is 0 Å². The molecule has 1 aromatic rings. The summed E-state index contributed by atoms with van der Waals surface area (Å²) in [4.78, 5) is 24.7. The standard InChI is InChI=1S/C21H14Cl2O3/c1-26-21(25)17-12-16(14-5-3-2-4-6-15(14)17)20(24)10-8-13-7-9-18(22)19(23)11-13/h2-12H,1H3/b10-8+. The maximum Gasteiger partial charge on any atom is 0.338 e. The Labute approximate surface area is 161 Å². The zero-order valence-corrected chi connectivity index (χ0v) is 15.3. The minimum atomic E-state index is -0.478. The van der Waals surface area contributed by atoms with Gasteiger partial charge < -0.3 is 4.74 Å². The molecule has 0 unspecified atom stereocenters. The molecule has 0 saturated carbocycles. The van der Waals surface area contributed by atoms with Gasteiger partial charge in [0.05, 0.1) is 22.7 Å². The van der Waals surface area contributed by atoms with Crippen LogP contribution in [-0.2, 0) is 4.74 Å². The quantitative estimate of drug-likeness (QED) is 0.325. The molecule has 0 spiro atoms. The summed E-state index contributed by atoms with van der Waals surface area (Å²) in [6, 6.07) is 15.7. The lowest BCUT2D eigenvalue weighted by Crippen LogP contribution is -2.00. The molecule has 0 aromatic heterocycles. The molecule has 0 saturated heterocycles. The van der Waals surface area contributed by atoms with E-state index < -0.39 is 5.97 Å². The molecule has 130 valence electrons. The first-order chi connectivity index (χ1) is 12.5. The second kappa shape index (κ2) is 7.73. The van der Waals surface area contributed by atoms with Gasteiger partial charge in [-0.15, -0.1) is 0 Å². The fourth-order valence-corrected chi connectivity index (χ4v) is 2.98. The van der Waals surface area contributed by atoms with E-state index >= 15 is 0 Å². The summed E-state index contributed by atoms with van der Waals surface area (Å²) in [7, 11) is 1.32. The number of esters is 1. The minimum Gasteiger partial charge on any atom is -0.465 e. The van der Waals surface area contributed by atoms with Gasteiger partial charge in [0.15, 0.2) is 5.78 Å². The summed E-state index contributed by atoms with van der Waals surface area (Å²) in [5, 5.41) is 0.868. The first-order valence-electron chi connectivity index (χ1n) is 7.79. The number of fused-ring (bicyclic) bond motifs is 1. The lowest BCUT2D eigenvalue weighted by atomic mass is 10.0. The normalized spacial score (nSPS) is 11.0. The summed E-state index contributed by atoms with van der Waals surface area (Å²) < 4.78 is 4.83. The average molecular weight is 385 g/mol.